The Labute approximate surface area is 119 Å². The summed E-state index contributed by atoms with van der Waals surface area (Å²) >= 11 is 5.31. The number of ether oxygens (including phenoxy) is 1. The van der Waals surface area contributed by atoms with E-state index in [1.807, 2.05) is 18.2 Å². The van der Waals surface area contributed by atoms with Crippen LogP contribution in [-0.4, -0.2) is 12.6 Å². The van der Waals surface area contributed by atoms with E-state index in [-0.39, 0.29) is 6.04 Å². The van der Waals surface area contributed by atoms with Gasteiger partial charge in [0.1, 0.15) is 5.75 Å². The van der Waals surface area contributed by atoms with Crippen molar-refractivity contribution in [2.45, 2.75) is 18.4 Å². The largest absolute Gasteiger partial charge is 0.493 e. The molecule has 2 unspecified atom stereocenters. The molecule has 0 saturated heterocycles. The summed E-state index contributed by atoms with van der Waals surface area (Å²) in [4.78, 5) is 1.31. The van der Waals surface area contributed by atoms with Crippen LogP contribution in [0.25, 0.3) is 0 Å². The lowest BCUT2D eigenvalue weighted by Crippen LogP contribution is -2.31. The molecule has 0 radical (unpaired) electrons. The predicted octanol–water partition coefficient (Wildman–Crippen LogP) is 3.56. The molecule has 0 fully saturated rings. The van der Waals surface area contributed by atoms with Gasteiger partial charge in [0.05, 0.1) is 6.61 Å². The van der Waals surface area contributed by atoms with Crippen LogP contribution in [-0.2, 0) is 6.42 Å². The molecule has 0 saturated carbocycles. The summed E-state index contributed by atoms with van der Waals surface area (Å²) in [6, 6.07) is 10.4. The van der Waals surface area contributed by atoms with E-state index in [4.69, 9.17) is 10.5 Å². The highest BCUT2D eigenvalue weighted by molar-refractivity contribution is 9.10. The highest BCUT2D eigenvalue weighted by Gasteiger charge is 2.29. The molecule has 94 valence electrons. The Morgan fingerprint density at radius 1 is 1.39 bits per heavy atom. The molecular formula is C14H14BrNOS. The Morgan fingerprint density at radius 3 is 3.00 bits per heavy atom. The normalized spacial score (nSPS) is 19.3. The first kappa shape index (κ1) is 12.2. The molecule has 2 N–H and O–H groups in total. The fourth-order valence-electron chi connectivity index (χ4n) is 2.37. The highest BCUT2D eigenvalue weighted by Crippen LogP contribution is 2.36. The monoisotopic (exact) mass is 323 g/mol. The van der Waals surface area contributed by atoms with Crippen molar-refractivity contribution in [3.05, 3.63) is 50.6 Å². The van der Waals surface area contributed by atoms with Crippen LogP contribution in [0, 0.1) is 0 Å². The average molecular weight is 324 g/mol. The zero-order chi connectivity index (χ0) is 12.5. The first-order valence-electron chi connectivity index (χ1n) is 5.95. The number of benzene rings is 1. The number of hydrogen-bond donors (Lipinski definition) is 1. The van der Waals surface area contributed by atoms with Crippen LogP contribution in [0.1, 0.15) is 16.4 Å². The number of nitrogens with two attached hydrogens (primary N) is 1. The van der Waals surface area contributed by atoms with Crippen LogP contribution in [0.4, 0.5) is 0 Å². The quantitative estimate of drug-likeness (QED) is 0.937. The van der Waals surface area contributed by atoms with Crippen molar-refractivity contribution in [3.63, 3.8) is 0 Å². The van der Waals surface area contributed by atoms with Gasteiger partial charge >= 0.3 is 0 Å². The van der Waals surface area contributed by atoms with Crippen LogP contribution in [0.15, 0.2) is 40.2 Å². The molecular weight excluding hydrogens is 310 g/mol. The molecule has 2 atom stereocenters. The van der Waals surface area contributed by atoms with E-state index in [2.05, 4.69) is 33.4 Å². The third-order valence-electron chi connectivity index (χ3n) is 3.37. The summed E-state index contributed by atoms with van der Waals surface area (Å²) in [6.07, 6.45) is 0.889. The summed E-state index contributed by atoms with van der Waals surface area (Å²) in [7, 11) is 0. The summed E-state index contributed by atoms with van der Waals surface area (Å²) in [5, 5.41) is 2.09. The molecule has 0 bridgehead atoms. The van der Waals surface area contributed by atoms with Gasteiger partial charge in [-0.1, -0.05) is 18.2 Å². The molecule has 4 heteroatoms. The van der Waals surface area contributed by atoms with Gasteiger partial charge < -0.3 is 10.5 Å². The van der Waals surface area contributed by atoms with E-state index in [9.17, 15) is 0 Å². The maximum Gasteiger partial charge on any atom is 0.122 e. The van der Waals surface area contributed by atoms with Gasteiger partial charge in [0.2, 0.25) is 0 Å². The lowest BCUT2D eigenvalue weighted by atomic mass is 9.91. The van der Waals surface area contributed by atoms with Gasteiger partial charge in [-0.05, 0) is 39.9 Å². The van der Waals surface area contributed by atoms with Gasteiger partial charge in [-0.3, -0.25) is 0 Å². The Hall–Kier alpha value is -0.840. The molecule has 2 nitrogen and oxygen atoms in total. The predicted molar refractivity (Wildman–Crippen MR) is 78.4 cm³/mol. The topological polar surface area (TPSA) is 35.2 Å². The Morgan fingerprint density at radius 2 is 2.22 bits per heavy atom. The Balaban J connectivity index is 1.79. The number of hydrogen-bond acceptors (Lipinski definition) is 3. The van der Waals surface area contributed by atoms with E-state index >= 15 is 0 Å². The highest BCUT2D eigenvalue weighted by atomic mass is 79.9. The minimum Gasteiger partial charge on any atom is -0.493 e. The summed E-state index contributed by atoms with van der Waals surface area (Å²) in [6.45, 7) is 0.698. The molecule has 3 rings (SSSR count). The van der Waals surface area contributed by atoms with Gasteiger partial charge in [0, 0.05) is 26.9 Å². The first-order valence-corrected chi connectivity index (χ1v) is 7.62. The van der Waals surface area contributed by atoms with Crippen LogP contribution < -0.4 is 10.5 Å². The van der Waals surface area contributed by atoms with Gasteiger partial charge in [-0.2, -0.15) is 0 Å². The lowest BCUT2D eigenvalue weighted by molar-refractivity contribution is 0.313. The fraction of sp³-hybridized carbons (Fsp3) is 0.286. The van der Waals surface area contributed by atoms with E-state index in [1.54, 1.807) is 11.3 Å². The third-order valence-corrected chi connectivity index (χ3v) is 5.31. The summed E-state index contributed by atoms with van der Waals surface area (Å²) < 4.78 is 6.86. The second-order valence-electron chi connectivity index (χ2n) is 4.52. The molecule has 1 aromatic carbocycles. The van der Waals surface area contributed by atoms with Gasteiger partial charge in [-0.15, -0.1) is 11.3 Å². The van der Waals surface area contributed by atoms with Crippen LogP contribution in [0.5, 0.6) is 5.75 Å². The minimum absolute atomic E-state index is 0.101. The zero-order valence-corrected chi connectivity index (χ0v) is 12.2. The third kappa shape index (κ3) is 2.20. The van der Waals surface area contributed by atoms with Crippen molar-refractivity contribution in [1.82, 2.24) is 0 Å². The van der Waals surface area contributed by atoms with Crippen LogP contribution in [0.2, 0.25) is 0 Å². The van der Waals surface area contributed by atoms with E-state index < -0.39 is 0 Å². The van der Waals surface area contributed by atoms with Crippen molar-refractivity contribution in [2.24, 2.45) is 5.73 Å². The number of rotatable bonds is 3. The lowest BCUT2D eigenvalue weighted by Gasteiger charge is -2.17. The standard InChI is InChI=1S/C14H14BrNOS/c15-11-5-6-18-14(11)7-12(16)10-8-17-13-4-2-1-3-9(10)13/h1-6,10,12H,7-8,16H2. The van der Waals surface area contributed by atoms with Crippen molar-refractivity contribution in [3.8, 4) is 5.75 Å². The van der Waals surface area contributed by atoms with Crippen LogP contribution in [0.3, 0.4) is 0 Å². The number of para-hydroxylation sites is 1. The molecule has 18 heavy (non-hydrogen) atoms. The van der Waals surface area contributed by atoms with Gasteiger partial charge in [-0.25, -0.2) is 0 Å². The molecule has 1 aliphatic heterocycles. The number of thiophene rings is 1. The molecule has 0 aliphatic carbocycles. The number of halogens is 1. The van der Waals surface area contributed by atoms with Crippen molar-refractivity contribution in [2.75, 3.05) is 6.61 Å². The minimum atomic E-state index is 0.101. The summed E-state index contributed by atoms with van der Waals surface area (Å²) in [5.74, 6) is 1.29. The molecule has 0 spiro atoms. The van der Waals surface area contributed by atoms with E-state index in [1.165, 1.54) is 10.4 Å². The Bertz CT molecular complexity index is 554. The summed E-state index contributed by atoms with van der Waals surface area (Å²) in [5.41, 5.74) is 7.61. The molecule has 1 aliphatic rings. The van der Waals surface area contributed by atoms with E-state index in [0.29, 0.717) is 12.5 Å². The van der Waals surface area contributed by atoms with Crippen LogP contribution >= 0.6 is 27.3 Å². The molecule has 2 heterocycles. The molecule has 1 aromatic heterocycles. The Kier molecular flexibility index (Phi) is 3.41. The van der Waals surface area contributed by atoms with Crippen molar-refractivity contribution in [1.29, 1.82) is 0 Å². The van der Waals surface area contributed by atoms with E-state index in [0.717, 1.165) is 16.6 Å². The van der Waals surface area contributed by atoms with Crippen molar-refractivity contribution >= 4 is 27.3 Å². The maximum absolute atomic E-state index is 6.36. The molecule has 0 amide bonds. The van der Waals surface area contributed by atoms with Gasteiger partial charge in [0.25, 0.3) is 0 Å². The molecule has 2 aromatic rings. The number of fused-ring (bicyclic) bond motifs is 1. The first-order chi connectivity index (χ1) is 8.75. The maximum atomic E-state index is 6.36. The smallest absolute Gasteiger partial charge is 0.122 e. The van der Waals surface area contributed by atoms with Crippen molar-refractivity contribution < 1.29 is 4.74 Å². The fourth-order valence-corrected chi connectivity index (χ4v) is 3.96. The SMILES string of the molecule is NC(Cc1sccc1Br)C1COc2ccccc21. The second-order valence-corrected chi connectivity index (χ2v) is 6.37. The second kappa shape index (κ2) is 5.03. The average Bonchev–Trinajstić information content (AvgIpc) is 2.96. The zero-order valence-electron chi connectivity index (χ0n) is 9.80. The van der Waals surface area contributed by atoms with Gasteiger partial charge in [0.15, 0.2) is 0 Å².